The molecule has 178 valence electrons. The Bertz CT molecular complexity index is 524. The topological polar surface area (TPSA) is 12.4 Å². The van der Waals surface area contributed by atoms with Gasteiger partial charge >= 0.3 is 0 Å². The number of halogens is 2. The summed E-state index contributed by atoms with van der Waals surface area (Å²) < 4.78 is 27.2. The van der Waals surface area contributed by atoms with Crippen molar-refractivity contribution in [3.05, 3.63) is 12.2 Å². The highest BCUT2D eigenvalue weighted by atomic mass is 31.1. The summed E-state index contributed by atoms with van der Waals surface area (Å²) in [6, 6.07) is 0. The molecule has 2 aliphatic carbocycles. The van der Waals surface area contributed by atoms with Crippen LogP contribution in [0.4, 0.5) is 8.78 Å². The lowest BCUT2D eigenvalue weighted by molar-refractivity contribution is 0.0866. The standard InChI is InChI=1S/C14H23F2N.C10H21P.C2H6/c1-6-11(12(17-5)14(4,15)16)13(3)8-7-10(2)9-13;1-4-9-7-5-6-8-10(9)11(2)3;1-2/h7-8,10-11H,6,9H2,1-5H3;9-10H,4-8H2,1-3H3;1-2H3/t10?,11?,13-;9-,10?;/m10./s1. The van der Waals surface area contributed by atoms with Crippen molar-refractivity contribution in [2.24, 2.45) is 28.2 Å². The molecule has 0 amide bonds. The van der Waals surface area contributed by atoms with E-state index >= 15 is 0 Å². The van der Waals surface area contributed by atoms with E-state index in [1.807, 2.05) is 20.8 Å². The molecule has 0 radical (unpaired) electrons. The summed E-state index contributed by atoms with van der Waals surface area (Å²) in [6.07, 6.45) is 13.3. The summed E-state index contributed by atoms with van der Waals surface area (Å²) in [5.74, 6) is -1.45. The number of allylic oxidation sites excluding steroid dienone is 2. The van der Waals surface area contributed by atoms with Crippen molar-refractivity contribution in [3.8, 4) is 0 Å². The van der Waals surface area contributed by atoms with Gasteiger partial charge in [0.05, 0.1) is 5.71 Å². The van der Waals surface area contributed by atoms with E-state index in [0.29, 0.717) is 20.3 Å². The Balaban J connectivity index is 0.000000557. The van der Waals surface area contributed by atoms with Crippen LogP contribution in [0.3, 0.4) is 0 Å². The molecule has 0 aliphatic heterocycles. The van der Waals surface area contributed by atoms with Crippen molar-refractivity contribution in [2.45, 2.75) is 105 Å². The van der Waals surface area contributed by atoms with Crippen LogP contribution in [0.5, 0.6) is 0 Å². The highest BCUT2D eigenvalue weighted by molar-refractivity contribution is 7.56. The van der Waals surface area contributed by atoms with Gasteiger partial charge in [0.1, 0.15) is 0 Å². The second kappa shape index (κ2) is 14.0. The zero-order valence-electron chi connectivity index (χ0n) is 21.6. The second-order valence-electron chi connectivity index (χ2n) is 9.49. The fourth-order valence-electron chi connectivity index (χ4n) is 5.45. The van der Waals surface area contributed by atoms with E-state index in [1.165, 1.54) is 39.2 Å². The van der Waals surface area contributed by atoms with Crippen LogP contribution in [-0.4, -0.2) is 37.7 Å². The molecule has 4 heteroatoms. The van der Waals surface area contributed by atoms with Crippen molar-refractivity contribution < 1.29 is 8.78 Å². The number of hydrogen-bond donors (Lipinski definition) is 0. The van der Waals surface area contributed by atoms with Gasteiger partial charge in [-0.15, -0.1) is 7.92 Å². The molecule has 0 heterocycles. The fraction of sp³-hybridized carbons (Fsp3) is 0.885. The number of aliphatic imine (C=N–C) groups is 1. The van der Waals surface area contributed by atoms with Crippen LogP contribution in [-0.2, 0) is 0 Å². The Morgan fingerprint density at radius 2 is 1.77 bits per heavy atom. The lowest BCUT2D eigenvalue weighted by Gasteiger charge is -2.35. The van der Waals surface area contributed by atoms with Gasteiger partial charge < -0.3 is 0 Å². The predicted octanol–water partition coefficient (Wildman–Crippen LogP) is 9.06. The summed E-state index contributed by atoms with van der Waals surface area (Å²) in [6.45, 7) is 18.4. The lowest BCUT2D eigenvalue weighted by atomic mass is 9.70. The molecular weight excluding hydrogens is 395 g/mol. The molecule has 2 rings (SSSR count). The van der Waals surface area contributed by atoms with E-state index in [4.69, 9.17) is 0 Å². The Morgan fingerprint density at radius 1 is 1.20 bits per heavy atom. The van der Waals surface area contributed by atoms with Crippen LogP contribution in [0.25, 0.3) is 0 Å². The van der Waals surface area contributed by atoms with E-state index in [1.54, 1.807) is 0 Å². The molecule has 0 saturated heterocycles. The maximum absolute atomic E-state index is 13.6. The maximum atomic E-state index is 13.6. The molecule has 1 saturated carbocycles. The third-order valence-corrected chi connectivity index (χ3v) is 8.86. The molecular formula is C26H50F2NP. The minimum atomic E-state index is -2.82. The van der Waals surface area contributed by atoms with Crippen molar-refractivity contribution in [3.63, 3.8) is 0 Å². The van der Waals surface area contributed by atoms with Gasteiger partial charge in [-0.3, -0.25) is 4.99 Å². The van der Waals surface area contributed by atoms with Crippen LogP contribution in [0.2, 0.25) is 0 Å². The van der Waals surface area contributed by atoms with Gasteiger partial charge in [-0.2, -0.15) is 0 Å². The van der Waals surface area contributed by atoms with Gasteiger partial charge in [0.2, 0.25) is 0 Å². The number of rotatable bonds is 6. The SMILES string of the molecule is CC.CCC(C(=NC)C(C)(F)F)[C@]1(C)C=CC(C)C1.CC[C@H]1CCCCC1P(C)C. The highest BCUT2D eigenvalue weighted by Crippen LogP contribution is 2.46. The molecule has 0 bridgehead atoms. The molecule has 5 atom stereocenters. The summed E-state index contributed by atoms with van der Waals surface area (Å²) in [4.78, 5) is 3.88. The maximum Gasteiger partial charge on any atom is 0.283 e. The summed E-state index contributed by atoms with van der Waals surface area (Å²) in [7, 11) is 1.81. The van der Waals surface area contributed by atoms with Crippen LogP contribution in [0.15, 0.2) is 17.1 Å². The molecule has 3 unspecified atom stereocenters. The van der Waals surface area contributed by atoms with Crippen LogP contribution in [0, 0.1) is 23.2 Å². The summed E-state index contributed by atoms with van der Waals surface area (Å²) in [5, 5.41) is 0. The van der Waals surface area contributed by atoms with Crippen molar-refractivity contribution in [2.75, 3.05) is 20.4 Å². The van der Waals surface area contributed by atoms with Gasteiger partial charge in [0.15, 0.2) is 0 Å². The molecule has 0 aromatic heterocycles. The Morgan fingerprint density at radius 3 is 2.10 bits per heavy atom. The third-order valence-electron chi connectivity index (χ3n) is 6.85. The van der Waals surface area contributed by atoms with Crippen molar-refractivity contribution in [1.82, 2.24) is 0 Å². The van der Waals surface area contributed by atoms with Gasteiger partial charge in [-0.05, 0) is 61.9 Å². The average Bonchev–Trinajstić information content (AvgIpc) is 3.06. The van der Waals surface area contributed by atoms with E-state index in [-0.39, 0.29) is 17.0 Å². The van der Waals surface area contributed by atoms with E-state index < -0.39 is 5.92 Å². The lowest BCUT2D eigenvalue weighted by Crippen LogP contribution is -2.40. The Hall–Kier alpha value is -0.300. The molecule has 0 aromatic carbocycles. The first-order valence-corrected chi connectivity index (χ1v) is 14.5. The van der Waals surface area contributed by atoms with Gasteiger partial charge in [-0.1, -0.05) is 73.0 Å². The summed E-state index contributed by atoms with van der Waals surface area (Å²) >= 11 is 0. The summed E-state index contributed by atoms with van der Waals surface area (Å²) in [5.41, 5.74) is 0.965. The second-order valence-corrected chi connectivity index (χ2v) is 12.1. The van der Waals surface area contributed by atoms with E-state index in [2.05, 4.69) is 51.2 Å². The zero-order valence-corrected chi connectivity index (χ0v) is 22.5. The number of alkyl halides is 2. The normalized spacial score (nSPS) is 30.3. The Kier molecular flexibility index (Phi) is 13.8. The first kappa shape index (κ1) is 29.7. The molecule has 0 spiro atoms. The van der Waals surface area contributed by atoms with E-state index in [0.717, 1.165) is 24.9 Å². The molecule has 0 N–H and O–H groups in total. The van der Waals surface area contributed by atoms with Crippen LogP contribution >= 0.6 is 7.92 Å². The van der Waals surface area contributed by atoms with Gasteiger partial charge in [0.25, 0.3) is 5.92 Å². The minimum absolute atomic E-state index is 0.0428. The monoisotopic (exact) mass is 445 g/mol. The van der Waals surface area contributed by atoms with Crippen molar-refractivity contribution >= 4 is 13.6 Å². The average molecular weight is 446 g/mol. The molecule has 0 aromatic rings. The number of nitrogens with zero attached hydrogens (tertiary/aromatic N) is 1. The third kappa shape index (κ3) is 8.68. The molecule has 1 nitrogen and oxygen atoms in total. The van der Waals surface area contributed by atoms with Crippen LogP contribution in [0.1, 0.15) is 93.4 Å². The Labute approximate surface area is 188 Å². The quantitative estimate of drug-likeness (QED) is 0.220. The predicted molar refractivity (Wildman–Crippen MR) is 135 cm³/mol. The van der Waals surface area contributed by atoms with Crippen molar-refractivity contribution in [1.29, 1.82) is 0 Å². The zero-order chi connectivity index (χ0) is 23.5. The highest BCUT2D eigenvalue weighted by Gasteiger charge is 2.44. The largest absolute Gasteiger partial charge is 0.291 e. The van der Waals surface area contributed by atoms with E-state index in [9.17, 15) is 8.78 Å². The first-order valence-electron chi connectivity index (χ1n) is 12.2. The first-order chi connectivity index (χ1) is 14.0. The van der Waals surface area contributed by atoms with Crippen LogP contribution < -0.4 is 0 Å². The molecule has 30 heavy (non-hydrogen) atoms. The number of hydrogen-bond acceptors (Lipinski definition) is 1. The van der Waals surface area contributed by atoms with Gasteiger partial charge in [0, 0.05) is 19.9 Å². The smallest absolute Gasteiger partial charge is 0.283 e. The van der Waals surface area contributed by atoms with Gasteiger partial charge in [-0.25, -0.2) is 8.78 Å². The molecule has 2 aliphatic rings. The minimum Gasteiger partial charge on any atom is -0.291 e. The fourth-order valence-corrected chi connectivity index (χ4v) is 7.35. The molecule has 1 fully saturated rings.